The molecule has 0 aliphatic carbocycles. The average molecular weight is 249 g/mol. The van der Waals surface area contributed by atoms with Gasteiger partial charge in [-0.05, 0) is 25.5 Å². The minimum atomic E-state index is -0.104. The zero-order valence-corrected chi connectivity index (χ0v) is 10.8. The van der Waals surface area contributed by atoms with Gasteiger partial charge in [0.1, 0.15) is 0 Å². The lowest BCUT2D eigenvalue weighted by Gasteiger charge is -2.21. The molecule has 0 aromatic heterocycles. The summed E-state index contributed by atoms with van der Waals surface area (Å²) in [6, 6.07) is 7.38. The fourth-order valence-electron chi connectivity index (χ4n) is 1.71. The summed E-state index contributed by atoms with van der Waals surface area (Å²) in [4.78, 5) is 13.8. The van der Waals surface area contributed by atoms with E-state index in [4.69, 9.17) is 10.9 Å². The molecule has 3 N–H and O–H groups in total. The van der Waals surface area contributed by atoms with Crippen molar-refractivity contribution in [2.75, 3.05) is 13.1 Å². The van der Waals surface area contributed by atoms with Crippen molar-refractivity contribution in [3.8, 4) is 0 Å². The molecule has 18 heavy (non-hydrogen) atoms. The number of hydrogen-bond donors (Lipinski definition) is 2. The zero-order valence-electron chi connectivity index (χ0n) is 10.8. The fraction of sp³-hybridized carbons (Fsp3) is 0.385. The summed E-state index contributed by atoms with van der Waals surface area (Å²) in [6.45, 7) is 4.62. The van der Waals surface area contributed by atoms with Gasteiger partial charge in [0.05, 0.1) is 6.54 Å². The number of nitrogens with two attached hydrogens (primary N) is 1. The van der Waals surface area contributed by atoms with Crippen LogP contribution in [-0.4, -0.2) is 34.9 Å². The van der Waals surface area contributed by atoms with E-state index >= 15 is 0 Å². The number of rotatable bonds is 5. The standard InChI is InChI=1S/C13H19N3O2/c1-3-7-16(9-12(14)15-18)13(17)11-6-4-5-10(2)8-11/h4-6,8,18H,3,7,9H2,1-2H3,(H2,14,15). The molecule has 98 valence electrons. The maximum absolute atomic E-state index is 12.3. The van der Waals surface area contributed by atoms with Gasteiger partial charge in [0, 0.05) is 12.1 Å². The smallest absolute Gasteiger partial charge is 0.254 e. The molecule has 0 fully saturated rings. The molecule has 0 unspecified atom stereocenters. The number of carbonyl (C=O) groups is 1. The van der Waals surface area contributed by atoms with Gasteiger partial charge >= 0.3 is 0 Å². The van der Waals surface area contributed by atoms with E-state index in [1.54, 1.807) is 11.0 Å². The quantitative estimate of drug-likeness (QED) is 0.360. The van der Waals surface area contributed by atoms with Crippen LogP contribution in [0.15, 0.2) is 29.4 Å². The summed E-state index contributed by atoms with van der Waals surface area (Å²) in [7, 11) is 0. The van der Waals surface area contributed by atoms with Gasteiger partial charge in [0.25, 0.3) is 5.91 Å². The first-order valence-corrected chi connectivity index (χ1v) is 5.90. The second-order valence-electron chi connectivity index (χ2n) is 4.19. The van der Waals surface area contributed by atoms with Gasteiger partial charge in [-0.3, -0.25) is 4.79 Å². The van der Waals surface area contributed by atoms with Crippen LogP contribution in [0.5, 0.6) is 0 Å². The molecule has 1 amide bonds. The summed E-state index contributed by atoms with van der Waals surface area (Å²) < 4.78 is 0. The molecule has 5 heteroatoms. The van der Waals surface area contributed by atoms with E-state index in [0.29, 0.717) is 12.1 Å². The molecule has 0 bridgehead atoms. The summed E-state index contributed by atoms with van der Waals surface area (Å²) >= 11 is 0. The van der Waals surface area contributed by atoms with Crippen molar-refractivity contribution >= 4 is 11.7 Å². The van der Waals surface area contributed by atoms with E-state index in [-0.39, 0.29) is 18.3 Å². The predicted octanol–water partition coefficient (Wildman–Crippen LogP) is 1.59. The number of nitrogens with zero attached hydrogens (tertiary/aromatic N) is 2. The van der Waals surface area contributed by atoms with E-state index < -0.39 is 0 Å². The Morgan fingerprint density at radius 2 is 2.22 bits per heavy atom. The lowest BCUT2D eigenvalue weighted by Crippen LogP contribution is -2.39. The van der Waals surface area contributed by atoms with Crippen molar-refractivity contribution in [3.05, 3.63) is 35.4 Å². The highest BCUT2D eigenvalue weighted by atomic mass is 16.4. The number of amidine groups is 1. The zero-order chi connectivity index (χ0) is 13.5. The van der Waals surface area contributed by atoms with Crippen molar-refractivity contribution in [1.82, 2.24) is 4.90 Å². The van der Waals surface area contributed by atoms with Crippen molar-refractivity contribution in [2.24, 2.45) is 10.9 Å². The summed E-state index contributed by atoms with van der Waals surface area (Å²) in [5.74, 6) is -0.0726. The van der Waals surface area contributed by atoms with Crippen LogP contribution in [0.25, 0.3) is 0 Å². The Bertz CT molecular complexity index is 444. The van der Waals surface area contributed by atoms with Crippen molar-refractivity contribution in [2.45, 2.75) is 20.3 Å². The minimum absolute atomic E-state index is 0.0319. The highest BCUT2D eigenvalue weighted by Crippen LogP contribution is 2.08. The van der Waals surface area contributed by atoms with Crippen LogP contribution in [0.4, 0.5) is 0 Å². The van der Waals surface area contributed by atoms with Crippen LogP contribution >= 0.6 is 0 Å². The van der Waals surface area contributed by atoms with Crippen LogP contribution in [0.2, 0.25) is 0 Å². The van der Waals surface area contributed by atoms with Gasteiger partial charge < -0.3 is 15.8 Å². The van der Waals surface area contributed by atoms with E-state index in [1.807, 2.05) is 32.0 Å². The number of aryl methyl sites for hydroxylation is 1. The Labute approximate surface area is 107 Å². The van der Waals surface area contributed by atoms with Crippen LogP contribution in [0, 0.1) is 6.92 Å². The van der Waals surface area contributed by atoms with Gasteiger partial charge in [0.2, 0.25) is 0 Å². The van der Waals surface area contributed by atoms with Crippen molar-refractivity contribution in [1.29, 1.82) is 0 Å². The molecule has 0 radical (unpaired) electrons. The van der Waals surface area contributed by atoms with Crippen LogP contribution < -0.4 is 5.73 Å². The SMILES string of the molecule is CCCN(CC(N)=NO)C(=O)c1cccc(C)c1. The molecule has 0 spiro atoms. The lowest BCUT2D eigenvalue weighted by molar-refractivity contribution is 0.0778. The Kier molecular flexibility index (Phi) is 5.17. The third kappa shape index (κ3) is 3.76. The molecule has 0 aliphatic heterocycles. The molecular formula is C13H19N3O2. The van der Waals surface area contributed by atoms with E-state index in [1.165, 1.54) is 0 Å². The van der Waals surface area contributed by atoms with Gasteiger partial charge in [-0.2, -0.15) is 0 Å². The van der Waals surface area contributed by atoms with Crippen LogP contribution in [0.3, 0.4) is 0 Å². The highest BCUT2D eigenvalue weighted by molar-refractivity contribution is 5.97. The second-order valence-corrected chi connectivity index (χ2v) is 4.19. The summed E-state index contributed by atoms with van der Waals surface area (Å²) in [5, 5.41) is 11.5. The number of carbonyl (C=O) groups excluding carboxylic acids is 1. The normalized spacial score (nSPS) is 11.3. The lowest BCUT2D eigenvalue weighted by atomic mass is 10.1. The molecular weight excluding hydrogens is 230 g/mol. The highest BCUT2D eigenvalue weighted by Gasteiger charge is 2.16. The predicted molar refractivity (Wildman–Crippen MR) is 70.8 cm³/mol. The number of hydrogen-bond acceptors (Lipinski definition) is 3. The summed E-state index contributed by atoms with van der Waals surface area (Å²) in [5.41, 5.74) is 7.10. The first-order chi connectivity index (χ1) is 8.58. The molecule has 0 saturated carbocycles. The summed E-state index contributed by atoms with van der Waals surface area (Å²) in [6.07, 6.45) is 0.816. The number of benzene rings is 1. The average Bonchev–Trinajstić information content (AvgIpc) is 2.37. The minimum Gasteiger partial charge on any atom is -0.409 e. The molecule has 0 heterocycles. The third-order valence-electron chi connectivity index (χ3n) is 2.53. The molecule has 1 aromatic rings. The Morgan fingerprint density at radius 3 is 2.78 bits per heavy atom. The molecule has 0 atom stereocenters. The molecule has 0 aliphatic rings. The third-order valence-corrected chi connectivity index (χ3v) is 2.53. The Balaban J connectivity index is 2.88. The van der Waals surface area contributed by atoms with Gasteiger partial charge in [0.15, 0.2) is 5.84 Å². The van der Waals surface area contributed by atoms with Gasteiger partial charge in [-0.25, -0.2) is 0 Å². The first kappa shape index (κ1) is 14.0. The number of oxime groups is 1. The molecule has 1 rings (SSSR count). The fourth-order valence-corrected chi connectivity index (χ4v) is 1.71. The van der Waals surface area contributed by atoms with Crippen LogP contribution in [-0.2, 0) is 0 Å². The van der Waals surface area contributed by atoms with Gasteiger partial charge in [-0.15, -0.1) is 0 Å². The largest absolute Gasteiger partial charge is 0.409 e. The Morgan fingerprint density at radius 1 is 1.50 bits per heavy atom. The maximum Gasteiger partial charge on any atom is 0.254 e. The second kappa shape index (κ2) is 6.64. The Hall–Kier alpha value is -2.04. The first-order valence-electron chi connectivity index (χ1n) is 5.90. The topological polar surface area (TPSA) is 78.9 Å². The van der Waals surface area contributed by atoms with E-state index in [0.717, 1.165) is 12.0 Å². The van der Waals surface area contributed by atoms with E-state index in [9.17, 15) is 4.79 Å². The monoisotopic (exact) mass is 249 g/mol. The molecule has 5 nitrogen and oxygen atoms in total. The van der Waals surface area contributed by atoms with E-state index in [2.05, 4.69) is 5.16 Å². The molecule has 1 aromatic carbocycles. The van der Waals surface area contributed by atoms with Crippen molar-refractivity contribution < 1.29 is 10.0 Å². The van der Waals surface area contributed by atoms with Crippen molar-refractivity contribution in [3.63, 3.8) is 0 Å². The maximum atomic E-state index is 12.3. The number of amides is 1. The molecule has 0 saturated heterocycles. The van der Waals surface area contributed by atoms with Gasteiger partial charge in [-0.1, -0.05) is 29.8 Å². The van der Waals surface area contributed by atoms with Crippen LogP contribution in [0.1, 0.15) is 29.3 Å².